The van der Waals surface area contributed by atoms with Crippen LogP contribution < -0.4 is 9.47 Å². The molecule has 1 aromatic heterocycles. The number of H-pyrrole nitrogens is 1. The van der Waals surface area contributed by atoms with E-state index in [1.807, 2.05) is 12.1 Å². The summed E-state index contributed by atoms with van der Waals surface area (Å²) in [5, 5.41) is 0. The quantitative estimate of drug-likeness (QED) is 0.863. The van der Waals surface area contributed by atoms with E-state index in [1.54, 1.807) is 12.5 Å². The highest BCUT2D eigenvalue weighted by Crippen LogP contribution is 2.40. The van der Waals surface area contributed by atoms with Gasteiger partial charge in [0.25, 0.3) is 0 Å². The number of ether oxygens (including phenoxy) is 2. The molecule has 5 heteroatoms. The second kappa shape index (κ2) is 3.27. The van der Waals surface area contributed by atoms with Gasteiger partial charge in [-0.05, 0) is 28.1 Å². The fourth-order valence-electron chi connectivity index (χ4n) is 1.53. The number of hydrogen-bond acceptors (Lipinski definition) is 3. The van der Waals surface area contributed by atoms with Crippen LogP contribution >= 0.6 is 15.9 Å². The predicted octanol–water partition coefficient (Wildman–Crippen LogP) is 2.57. The highest BCUT2D eigenvalue weighted by Gasteiger charge is 2.17. The van der Waals surface area contributed by atoms with Crippen LogP contribution in [0, 0.1) is 0 Å². The molecule has 2 aromatic rings. The van der Waals surface area contributed by atoms with E-state index in [-0.39, 0.29) is 6.79 Å². The van der Waals surface area contributed by atoms with Crippen molar-refractivity contribution in [3.05, 3.63) is 29.1 Å². The highest BCUT2D eigenvalue weighted by molar-refractivity contribution is 9.10. The van der Waals surface area contributed by atoms with Gasteiger partial charge in [-0.25, -0.2) is 4.98 Å². The molecule has 0 fully saturated rings. The molecular weight excluding hydrogens is 260 g/mol. The van der Waals surface area contributed by atoms with Crippen LogP contribution in [0.2, 0.25) is 0 Å². The van der Waals surface area contributed by atoms with E-state index in [9.17, 15) is 0 Å². The summed E-state index contributed by atoms with van der Waals surface area (Å²) in [6, 6.07) is 3.83. The Morgan fingerprint density at radius 2 is 2.07 bits per heavy atom. The average Bonchev–Trinajstić information content (AvgIpc) is 2.85. The van der Waals surface area contributed by atoms with Crippen molar-refractivity contribution in [3.63, 3.8) is 0 Å². The first-order chi connectivity index (χ1) is 7.34. The molecule has 2 heterocycles. The van der Waals surface area contributed by atoms with Crippen LogP contribution in [-0.4, -0.2) is 16.8 Å². The lowest BCUT2D eigenvalue weighted by Crippen LogP contribution is -1.92. The number of aromatic amines is 1. The SMILES string of the molecule is Brc1cc2c(cc1-c1cnc[nH]1)OCO2. The molecule has 0 unspecified atom stereocenters. The Kier molecular flexibility index (Phi) is 1.92. The molecule has 15 heavy (non-hydrogen) atoms. The minimum Gasteiger partial charge on any atom is -0.454 e. The Morgan fingerprint density at radius 1 is 1.27 bits per heavy atom. The fourth-order valence-corrected chi connectivity index (χ4v) is 2.06. The van der Waals surface area contributed by atoms with Crippen LogP contribution in [0.25, 0.3) is 11.3 Å². The number of aromatic nitrogens is 2. The van der Waals surface area contributed by atoms with Crippen molar-refractivity contribution in [3.8, 4) is 22.8 Å². The van der Waals surface area contributed by atoms with E-state index in [2.05, 4.69) is 25.9 Å². The van der Waals surface area contributed by atoms with Gasteiger partial charge in [-0.1, -0.05) is 0 Å². The summed E-state index contributed by atoms with van der Waals surface area (Å²) in [4.78, 5) is 7.03. The third kappa shape index (κ3) is 1.39. The standard InChI is InChI=1S/C10H7BrN2O2/c11-7-2-10-9(14-5-15-10)1-6(7)8-3-12-4-13-8/h1-4H,5H2,(H,12,13). The predicted molar refractivity (Wildman–Crippen MR) is 57.8 cm³/mol. The zero-order valence-corrected chi connectivity index (χ0v) is 9.24. The number of nitrogens with one attached hydrogen (secondary N) is 1. The molecule has 0 radical (unpaired) electrons. The summed E-state index contributed by atoms with van der Waals surface area (Å²) in [6.45, 7) is 0.286. The smallest absolute Gasteiger partial charge is 0.231 e. The second-order valence-electron chi connectivity index (χ2n) is 3.15. The summed E-state index contributed by atoms with van der Waals surface area (Å²) in [5.74, 6) is 1.54. The van der Waals surface area contributed by atoms with Crippen LogP contribution in [0.1, 0.15) is 0 Å². The van der Waals surface area contributed by atoms with Gasteiger partial charge in [-0.15, -0.1) is 0 Å². The van der Waals surface area contributed by atoms with Crippen molar-refractivity contribution in [1.82, 2.24) is 9.97 Å². The molecule has 4 nitrogen and oxygen atoms in total. The van der Waals surface area contributed by atoms with Crippen molar-refractivity contribution in [2.45, 2.75) is 0 Å². The van der Waals surface area contributed by atoms with Crippen LogP contribution in [-0.2, 0) is 0 Å². The first-order valence-electron chi connectivity index (χ1n) is 4.42. The third-order valence-corrected chi connectivity index (χ3v) is 2.91. The Balaban J connectivity index is 2.17. The van der Waals surface area contributed by atoms with E-state index >= 15 is 0 Å². The lowest BCUT2D eigenvalue weighted by atomic mass is 10.1. The van der Waals surface area contributed by atoms with Crippen LogP contribution in [0.15, 0.2) is 29.1 Å². The Hall–Kier alpha value is -1.49. The van der Waals surface area contributed by atoms with Gasteiger partial charge in [-0.2, -0.15) is 0 Å². The maximum Gasteiger partial charge on any atom is 0.231 e. The number of benzene rings is 1. The van der Waals surface area contributed by atoms with E-state index in [1.165, 1.54) is 0 Å². The summed E-state index contributed by atoms with van der Waals surface area (Å²) < 4.78 is 11.5. The molecule has 0 spiro atoms. The summed E-state index contributed by atoms with van der Waals surface area (Å²) in [5.41, 5.74) is 1.96. The summed E-state index contributed by atoms with van der Waals surface area (Å²) in [6.07, 6.45) is 3.41. The first kappa shape index (κ1) is 8.79. The molecule has 1 aromatic carbocycles. The monoisotopic (exact) mass is 266 g/mol. The van der Waals surface area contributed by atoms with Crippen molar-refractivity contribution >= 4 is 15.9 Å². The molecule has 0 aliphatic carbocycles. The summed E-state index contributed by atoms with van der Waals surface area (Å²) >= 11 is 3.49. The zero-order chi connectivity index (χ0) is 10.3. The largest absolute Gasteiger partial charge is 0.454 e. The maximum absolute atomic E-state index is 5.31. The number of imidazole rings is 1. The minimum atomic E-state index is 0.286. The van der Waals surface area contributed by atoms with Crippen molar-refractivity contribution in [1.29, 1.82) is 0 Å². The molecule has 1 aliphatic heterocycles. The van der Waals surface area contributed by atoms with Gasteiger partial charge in [-0.3, -0.25) is 0 Å². The average molecular weight is 267 g/mol. The first-order valence-corrected chi connectivity index (χ1v) is 5.22. The topological polar surface area (TPSA) is 47.1 Å². The van der Waals surface area contributed by atoms with Gasteiger partial charge < -0.3 is 14.5 Å². The molecule has 1 N–H and O–H groups in total. The zero-order valence-electron chi connectivity index (χ0n) is 7.66. The van der Waals surface area contributed by atoms with Gasteiger partial charge in [0.2, 0.25) is 6.79 Å². The number of nitrogens with zero attached hydrogens (tertiary/aromatic N) is 1. The van der Waals surface area contributed by atoms with Crippen LogP contribution in [0.4, 0.5) is 0 Å². The number of fused-ring (bicyclic) bond motifs is 1. The lowest BCUT2D eigenvalue weighted by molar-refractivity contribution is 0.174. The van der Waals surface area contributed by atoms with Crippen molar-refractivity contribution in [2.24, 2.45) is 0 Å². The fraction of sp³-hybridized carbons (Fsp3) is 0.100. The Morgan fingerprint density at radius 3 is 2.80 bits per heavy atom. The molecule has 0 bridgehead atoms. The van der Waals surface area contributed by atoms with E-state index in [0.29, 0.717) is 0 Å². The third-order valence-electron chi connectivity index (χ3n) is 2.25. The molecule has 0 saturated carbocycles. The van der Waals surface area contributed by atoms with Crippen molar-refractivity contribution in [2.75, 3.05) is 6.79 Å². The molecule has 1 aliphatic rings. The Labute approximate surface area is 94.4 Å². The Bertz CT molecular complexity index is 496. The number of hydrogen-bond donors (Lipinski definition) is 1. The minimum absolute atomic E-state index is 0.286. The number of rotatable bonds is 1. The molecular formula is C10H7BrN2O2. The van der Waals surface area contributed by atoms with Gasteiger partial charge in [0.1, 0.15) is 0 Å². The normalized spacial score (nSPS) is 13.1. The highest BCUT2D eigenvalue weighted by atomic mass is 79.9. The molecule has 0 atom stereocenters. The molecule has 0 amide bonds. The van der Waals surface area contributed by atoms with Gasteiger partial charge in [0.05, 0.1) is 18.2 Å². The second-order valence-corrected chi connectivity index (χ2v) is 4.00. The van der Waals surface area contributed by atoms with E-state index < -0.39 is 0 Å². The van der Waals surface area contributed by atoms with Gasteiger partial charge >= 0.3 is 0 Å². The van der Waals surface area contributed by atoms with Crippen LogP contribution in [0.5, 0.6) is 11.5 Å². The van der Waals surface area contributed by atoms with Crippen LogP contribution in [0.3, 0.4) is 0 Å². The maximum atomic E-state index is 5.31. The van der Waals surface area contributed by atoms with Crippen molar-refractivity contribution < 1.29 is 9.47 Å². The summed E-state index contributed by atoms with van der Waals surface area (Å²) in [7, 11) is 0. The van der Waals surface area contributed by atoms with Gasteiger partial charge in [0, 0.05) is 10.0 Å². The van der Waals surface area contributed by atoms with Gasteiger partial charge in [0.15, 0.2) is 11.5 Å². The van der Waals surface area contributed by atoms with E-state index in [4.69, 9.17) is 9.47 Å². The lowest BCUT2D eigenvalue weighted by Gasteiger charge is -2.03. The molecule has 3 rings (SSSR count). The molecule has 0 saturated heterocycles. The van der Waals surface area contributed by atoms with E-state index in [0.717, 1.165) is 27.2 Å². The molecule has 76 valence electrons. The number of halogens is 1.